The zero-order valence-electron chi connectivity index (χ0n) is 16.6. The number of hydrogen-bond acceptors (Lipinski definition) is 1. The predicted octanol–water partition coefficient (Wildman–Crippen LogP) is 7.29. The summed E-state index contributed by atoms with van der Waals surface area (Å²) in [6.07, 6.45) is 19.1. The summed E-state index contributed by atoms with van der Waals surface area (Å²) in [7, 11) is 0. The van der Waals surface area contributed by atoms with Crippen molar-refractivity contribution in [3.05, 3.63) is 30.3 Å². The maximum absolute atomic E-state index is 11.9. The SMILES string of the molecule is [O]C1CCCCCCCCC(Oc2[c]cccc2)CCCCCCCC1. The van der Waals surface area contributed by atoms with Crippen molar-refractivity contribution in [2.24, 2.45) is 0 Å². The first-order chi connectivity index (χ1) is 12.8. The van der Waals surface area contributed by atoms with Crippen molar-refractivity contribution in [1.29, 1.82) is 0 Å². The highest BCUT2D eigenvalue weighted by Crippen LogP contribution is 2.21. The van der Waals surface area contributed by atoms with E-state index in [4.69, 9.17) is 4.74 Å². The molecule has 0 heterocycles. The summed E-state index contributed by atoms with van der Waals surface area (Å²) in [5.41, 5.74) is 0. The van der Waals surface area contributed by atoms with E-state index in [1.165, 1.54) is 64.2 Å². The highest BCUT2D eigenvalue weighted by atomic mass is 16.5. The van der Waals surface area contributed by atoms with E-state index in [1.807, 2.05) is 24.3 Å². The summed E-state index contributed by atoms with van der Waals surface area (Å²) in [4.78, 5) is 0. The number of rotatable bonds is 2. The van der Waals surface area contributed by atoms with Gasteiger partial charge in [0, 0.05) is 6.07 Å². The molecule has 0 amide bonds. The molecule has 1 aliphatic carbocycles. The third kappa shape index (κ3) is 10.2. The Labute approximate surface area is 161 Å². The first-order valence-electron chi connectivity index (χ1n) is 11.1. The van der Waals surface area contributed by atoms with Crippen molar-refractivity contribution in [3.63, 3.8) is 0 Å². The summed E-state index contributed by atoms with van der Waals surface area (Å²) >= 11 is 0. The van der Waals surface area contributed by atoms with Gasteiger partial charge in [-0.3, -0.25) is 0 Å². The summed E-state index contributed by atoms with van der Waals surface area (Å²) in [5, 5.41) is 11.9. The van der Waals surface area contributed by atoms with Crippen LogP contribution in [0, 0.1) is 6.07 Å². The van der Waals surface area contributed by atoms with Gasteiger partial charge < -0.3 is 4.74 Å². The van der Waals surface area contributed by atoms with Crippen LogP contribution >= 0.6 is 0 Å². The molecule has 1 aromatic carbocycles. The number of para-hydroxylation sites is 1. The zero-order valence-corrected chi connectivity index (χ0v) is 16.6. The standard InChI is InChI=1S/C24H38O2/c25-22-16-10-5-1-3-7-12-18-23(26-24-20-14-9-15-21-24)19-13-8-4-2-6-11-17-22/h9,14-15,20,22-23H,1-8,10-13,16-19H2. The van der Waals surface area contributed by atoms with Gasteiger partial charge in [0.15, 0.2) is 0 Å². The molecule has 0 atom stereocenters. The topological polar surface area (TPSA) is 29.1 Å². The van der Waals surface area contributed by atoms with Crippen LogP contribution in [-0.2, 0) is 5.11 Å². The first-order valence-corrected chi connectivity index (χ1v) is 11.1. The highest BCUT2D eigenvalue weighted by molar-refractivity contribution is 5.19. The van der Waals surface area contributed by atoms with Crippen molar-refractivity contribution >= 4 is 0 Å². The molecule has 0 N–H and O–H groups in total. The van der Waals surface area contributed by atoms with E-state index < -0.39 is 0 Å². The lowest BCUT2D eigenvalue weighted by molar-refractivity contribution is 0.0688. The fraction of sp³-hybridized carbons (Fsp3) is 0.750. The minimum absolute atomic E-state index is 0.304. The molecular weight excluding hydrogens is 320 g/mol. The maximum Gasteiger partial charge on any atom is 0.127 e. The summed E-state index contributed by atoms with van der Waals surface area (Å²) in [6.45, 7) is 0. The van der Waals surface area contributed by atoms with Gasteiger partial charge in [0.1, 0.15) is 5.75 Å². The Bertz CT molecular complexity index is 411. The molecule has 1 aliphatic rings. The second kappa shape index (κ2) is 14.1. The first kappa shape index (κ1) is 21.3. The average molecular weight is 359 g/mol. The van der Waals surface area contributed by atoms with Crippen molar-refractivity contribution in [2.75, 3.05) is 0 Å². The van der Waals surface area contributed by atoms with Crippen LogP contribution in [0.15, 0.2) is 24.3 Å². The molecule has 1 aromatic rings. The lowest BCUT2D eigenvalue weighted by Gasteiger charge is -2.19. The van der Waals surface area contributed by atoms with E-state index in [1.54, 1.807) is 0 Å². The lowest BCUT2D eigenvalue weighted by atomic mass is 9.99. The molecule has 1 saturated carbocycles. The van der Waals surface area contributed by atoms with Crippen LogP contribution in [0.5, 0.6) is 5.75 Å². The Hall–Kier alpha value is -1.02. The van der Waals surface area contributed by atoms with Crippen LogP contribution in [0.25, 0.3) is 0 Å². The highest BCUT2D eigenvalue weighted by Gasteiger charge is 2.11. The van der Waals surface area contributed by atoms with Crippen molar-refractivity contribution in [2.45, 2.75) is 115 Å². The van der Waals surface area contributed by atoms with Crippen LogP contribution in [0.1, 0.15) is 103 Å². The Morgan fingerprint density at radius 1 is 0.692 bits per heavy atom. The quantitative estimate of drug-likeness (QED) is 0.545. The molecule has 0 aliphatic heterocycles. The summed E-state index contributed by atoms with van der Waals surface area (Å²) < 4.78 is 6.22. The van der Waals surface area contributed by atoms with E-state index in [0.29, 0.717) is 6.10 Å². The van der Waals surface area contributed by atoms with Gasteiger partial charge in [-0.25, -0.2) is 5.11 Å². The third-order valence-electron chi connectivity index (χ3n) is 5.58. The number of hydrogen-bond donors (Lipinski definition) is 0. The average Bonchev–Trinajstić information content (AvgIpc) is 2.65. The van der Waals surface area contributed by atoms with E-state index in [9.17, 15) is 5.11 Å². The van der Waals surface area contributed by atoms with Gasteiger partial charge in [0.25, 0.3) is 0 Å². The molecule has 0 saturated heterocycles. The Morgan fingerprint density at radius 3 is 1.69 bits per heavy atom. The van der Waals surface area contributed by atoms with Crippen LogP contribution in [0.4, 0.5) is 0 Å². The summed E-state index contributed by atoms with van der Waals surface area (Å²) in [6, 6.07) is 11.2. The molecule has 26 heavy (non-hydrogen) atoms. The van der Waals surface area contributed by atoms with Gasteiger partial charge in [0.05, 0.1) is 12.2 Å². The van der Waals surface area contributed by atoms with Gasteiger partial charge in [-0.2, -0.15) is 0 Å². The zero-order chi connectivity index (χ0) is 18.3. The van der Waals surface area contributed by atoms with Crippen LogP contribution in [-0.4, -0.2) is 12.2 Å². The predicted molar refractivity (Wildman–Crippen MR) is 108 cm³/mol. The molecule has 2 radical (unpaired) electrons. The van der Waals surface area contributed by atoms with Crippen molar-refractivity contribution in [1.82, 2.24) is 0 Å². The number of benzene rings is 1. The van der Waals surface area contributed by atoms with Crippen LogP contribution in [0.2, 0.25) is 0 Å². The molecule has 0 spiro atoms. The van der Waals surface area contributed by atoms with Gasteiger partial charge in [0.2, 0.25) is 0 Å². The number of ether oxygens (including phenoxy) is 1. The van der Waals surface area contributed by atoms with Crippen LogP contribution in [0.3, 0.4) is 0 Å². The minimum atomic E-state index is -0.304. The second-order valence-corrected chi connectivity index (χ2v) is 7.99. The van der Waals surface area contributed by atoms with Gasteiger partial charge >= 0.3 is 0 Å². The maximum atomic E-state index is 11.9. The van der Waals surface area contributed by atoms with E-state index in [-0.39, 0.29) is 6.10 Å². The van der Waals surface area contributed by atoms with Gasteiger partial charge in [-0.1, -0.05) is 82.4 Å². The molecule has 2 nitrogen and oxygen atoms in total. The fourth-order valence-corrected chi connectivity index (χ4v) is 3.94. The molecule has 0 bridgehead atoms. The molecule has 146 valence electrons. The minimum Gasteiger partial charge on any atom is -0.490 e. The van der Waals surface area contributed by atoms with Crippen LogP contribution < -0.4 is 4.74 Å². The Kier molecular flexibility index (Phi) is 11.5. The Morgan fingerprint density at radius 2 is 1.19 bits per heavy atom. The molecule has 0 unspecified atom stereocenters. The molecule has 2 rings (SSSR count). The van der Waals surface area contributed by atoms with E-state index in [0.717, 1.165) is 44.3 Å². The monoisotopic (exact) mass is 358 g/mol. The fourth-order valence-electron chi connectivity index (χ4n) is 3.94. The van der Waals surface area contributed by atoms with Gasteiger partial charge in [-0.15, -0.1) is 0 Å². The van der Waals surface area contributed by atoms with Gasteiger partial charge in [-0.05, 0) is 44.6 Å². The largest absolute Gasteiger partial charge is 0.490 e. The van der Waals surface area contributed by atoms with Crippen molar-refractivity contribution < 1.29 is 9.84 Å². The lowest BCUT2D eigenvalue weighted by Crippen LogP contribution is -2.16. The molecular formula is C24H38O2. The third-order valence-corrected chi connectivity index (χ3v) is 5.58. The molecule has 2 heteroatoms. The smallest absolute Gasteiger partial charge is 0.127 e. The molecule has 0 aromatic heterocycles. The summed E-state index contributed by atoms with van der Waals surface area (Å²) in [5.74, 6) is 0.895. The Balaban J connectivity index is 1.75. The van der Waals surface area contributed by atoms with E-state index >= 15 is 0 Å². The second-order valence-electron chi connectivity index (χ2n) is 7.99. The van der Waals surface area contributed by atoms with E-state index in [2.05, 4.69) is 6.07 Å². The van der Waals surface area contributed by atoms with Crippen molar-refractivity contribution in [3.8, 4) is 5.75 Å². The molecule has 1 fully saturated rings. The normalized spacial score (nSPS) is 25.7.